The Morgan fingerprint density at radius 1 is 0.632 bits per heavy atom. The van der Waals surface area contributed by atoms with Gasteiger partial charge in [0.1, 0.15) is 0 Å². The molecule has 0 aliphatic rings. The fraction of sp³-hybridized carbons (Fsp3) is 0.0667. The van der Waals surface area contributed by atoms with E-state index in [0.29, 0.717) is 43.3 Å². The molecule has 0 bridgehead atoms. The zero-order chi connectivity index (χ0) is 27.1. The smallest absolute Gasteiger partial charge is 0.188 e. The summed E-state index contributed by atoms with van der Waals surface area (Å²) in [5.41, 5.74) is 4.14. The molecule has 0 heterocycles. The molecule has 0 radical (unpaired) electrons. The lowest BCUT2D eigenvalue weighted by Crippen LogP contribution is -2.26. The summed E-state index contributed by atoms with van der Waals surface area (Å²) in [4.78, 5) is 4.98. The van der Waals surface area contributed by atoms with E-state index in [4.69, 9.17) is 6.57 Å². The number of benzene rings is 4. The lowest BCUT2D eigenvalue weighted by atomic mass is 9.89. The van der Waals surface area contributed by atoms with Crippen LogP contribution in [0.5, 0.6) is 0 Å². The lowest BCUT2D eigenvalue weighted by molar-refractivity contribution is 0.647. The Hall–Kier alpha value is -4.86. The summed E-state index contributed by atoms with van der Waals surface area (Å²) in [6, 6.07) is 30.3. The van der Waals surface area contributed by atoms with Gasteiger partial charge in [-0.05, 0) is 65.7 Å². The van der Waals surface area contributed by atoms with Gasteiger partial charge in [-0.3, -0.25) is 0 Å². The average Bonchev–Trinajstić information content (AvgIpc) is 2.96. The lowest BCUT2D eigenvalue weighted by Gasteiger charge is -2.32. The van der Waals surface area contributed by atoms with Gasteiger partial charge in [0.05, 0.1) is 48.0 Å². The summed E-state index contributed by atoms with van der Waals surface area (Å²) >= 11 is 9.23. The van der Waals surface area contributed by atoms with Gasteiger partial charge in [0.15, 0.2) is 5.69 Å². The molecule has 0 aliphatic heterocycles. The third kappa shape index (κ3) is 5.92. The van der Waals surface area contributed by atoms with Crippen LogP contribution >= 0.6 is 25.3 Å². The van der Waals surface area contributed by atoms with E-state index in [0.717, 1.165) is 11.4 Å². The summed E-state index contributed by atoms with van der Waals surface area (Å²) in [5.74, 6) is 0. The van der Waals surface area contributed by atoms with Gasteiger partial charge in [-0.2, -0.15) is 15.8 Å². The van der Waals surface area contributed by atoms with E-state index < -0.39 is 12.1 Å². The van der Waals surface area contributed by atoms with E-state index in [2.05, 4.69) is 58.9 Å². The minimum absolute atomic E-state index is 0.321. The number of thiol groups is 2. The molecule has 0 spiro atoms. The van der Waals surface area contributed by atoms with Crippen LogP contribution in [-0.2, 0) is 0 Å². The van der Waals surface area contributed by atoms with Crippen molar-refractivity contribution in [3.05, 3.63) is 124 Å². The van der Waals surface area contributed by atoms with Crippen molar-refractivity contribution in [1.82, 2.24) is 0 Å². The summed E-state index contributed by atoms with van der Waals surface area (Å²) in [6.45, 7) is 7.58. The first-order valence-corrected chi connectivity index (χ1v) is 12.3. The van der Waals surface area contributed by atoms with Crippen molar-refractivity contribution < 1.29 is 0 Å². The summed E-state index contributed by atoms with van der Waals surface area (Å²) < 4.78 is 0. The number of nitrogens with one attached hydrogen (secondary N) is 2. The van der Waals surface area contributed by atoms with Crippen molar-refractivity contribution in [3.8, 4) is 18.2 Å². The molecule has 0 saturated heterocycles. The van der Waals surface area contributed by atoms with E-state index in [1.165, 1.54) is 12.1 Å². The van der Waals surface area contributed by atoms with E-state index in [9.17, 15) is 15.8 Å². The number of hydrogen-bond acceptors (Lipinski definition) is 7. The molecule has 0 aliphatic carbocycles. The Bertz CT molecular complexity index is 1480. The van der Waals surface area contributed by atoms with Crippen molar-refractivity contribution in [3.63, 3.8) is 0 Å². The Kier molecular flexibility index (Phi) is 8.22. The molecule has 182 valence electrons. The van der Waals surface area contributed by atoms with Crippen LogP contribution in [0.2, 0.25) is 0 Å². The molecular formula is C30H20N6S2. The van der Waals surface area contributed by atoms with Crippen LogP contribution in [0.15, 0.2) is 94.7 Å². The second kappa shape index (κ2) is 11.9. The monoisotopic (exact) mass is 528 g/mol. The molecular weight excluding hydrogens is 509 g/mol. The fourth-order valence-electron chi connectivity index (χ4n) is 4.15. The first-order chi connectivity index (χ1) is 18.4. The maximum absolute atomic E-state index is 9.68. The SMILES string of the molecule is [C-]#[N+]c1cc(C#N)cc(C(Nc2ccccc2S)C(Nc2ccccc2S)c2cc(C#N)cc(C#N)c2)c1. The van der Waals surface area contributed by atoms with Crippen molar-refractivity contribution in [2.45, 2.75) is 21.9 Å². The molecule has 0 fully saturated rings. The van der Waals surface area contributed by atoms with Gasteiger partial charge in [-0.1, -0.05) is 30.3 Å². The number of anilines is 2. The van der Waals surface area contributed by atoms with Crippen molar-refractivity contribution in [2.24, 2.45) is 0 Å². The Labute approximate surface area is 232 Å². The molecule has 38 heavy (non-hydrogen) atoms. The maximum Gasteiger partial charge on any atom is 0.188 e. The summed E-state index contributed by atoms with van der Waals surface area (Å²) in [6.07, 6.45) is 0. The van der Waals surface area contributed by atoms with Crippen molar-refractivity contribution in [1.29, 1.82) is 15.8 Å². The highest BCUT2D eigenvalue weighted by Gasteiger charge is 2.28. The molecule has 8 heteroatoms. The summed E-state index contributed by atoms with van der Waals surface area (Å²) in [7, 11) is 0. The van der Waals surface area contributed by atoms with Crippen LogP contribution in [0.1, 0.15) is 39.9 Å². The standard InChI is InChI=1S/C30H20N6S2/c1-34-24-14-21(18-33)13-23(15-24)30(36-26-7-3-5-9-28(26)38)29(35-25-6-2-4-8-27(25)37)22-11-19(16-31)10-20(12-22)17-32/h2-15,29-30,35-38H. The van der Waals surface area contributed by atoms with Gasteiger partial charge < -0.3 is 10.6 Å². The quantitative estimate of drug-likeness (QED) is 0.148. The normalized spacial score (nSPS) is 11.6. The molecule has 6 nitrogen and oxygen atoms in total. The van der Waals surface area contributed by atoms with Crippen LogP contribution in [0.4, 0.5) is 17.1 Å². The zero-order valence-corrected chi connectivity index (χ0v) is 21.7. The van der Waals surface area contributed by atoms with Gasteiger partial charge in [0, 0.05) is 26.7 Å². The van der Waals surface area contributed by atoms with Gasteiger partial charge in [-0.15, -0.1) is 25.3 Å². The highest BCUT2D eigenvalue weighted by atomic mass is 32.1. The molecule has 0 saturated carbocycles. The van der Waals surface area contributed by atoms with Crippen molar-refractivity contribution in [2.75, 3.05) is 10.6 Å². The predicted molar refractivity (Wildman–Crippen MR) is 153 cm³/mol. The number of nitrogens with zero attached hydrogens (tertiary/aromatic N) is 4. The third-order valence-corrected chi connectivity index (χ3v) is 6.67. The molecule has 4 aromatic rings. The number of para-hydroxylation sites is 2. The Morgan fingerprint density at radius 3 is 1.47 bits per heavy atom. The van der Waals surface area contributed by atoms with Gasteiger partial charge in [0.25, 0.3) is 0 Å². The van der Waals surface area contributed by atoms with E-state index in [-0.39, 0.29) is 0 Å². The van der Waals surface area contributed by atoms with E-state index in [1.807, 2.05) is 48.5 Å². The van der Waals surface area contributed by atoms with Crippen LogP contribution in [0.25, 0.3) is 4.85 Å². The highest BCUT2D eigenvalue weighted by molar-refractivity contribution is 7.80. The molecule has 2 atom stereocenters. The second-order valence-electron chi connectivity index (χ2n) is 8.38. The average molecular weight is 529 g/mol. The third-order valence-electron chi connectivity index (χ3n) is 5.89. The number of nitriles is 3. The number of hydrogen-bond donors (Lipinski definition) is 4. The van der Waals surface area contributed by atoms with Gasteiger partial charge in [0.2, 0.25) is 0 Å². The van der Waals surface area contributed by atoms with Crippen molar-refractivity contribution >= 4 is 42.3 Å². The zero-order valence-electron chi connectivity index (χ0n) is 19.9. The first kappa shape index (κ1) is 26.2. The van der Waals surface area contributed by atoms with E-state index in [1.54, 1.807) is 24.3 Å². The molecule has 0 aromatic heterocycles. The minimum Gasteiger partial charge on any atom is -0.375 e. The molecule has 4 rings (SSSR count). The minimum atomic E-state index is -0.566. The molecule has 2 N–H and O–H groups in total. The fourth-order valence-corrected chi connectivity index (χ4v) is 4.60. The maximum atomic E-state index is 9.68. The summed E-state index contributed by atoms with van der Waals surface area (Å²) in [5, 5.41) is 36.1. The molecule has 4 aromatic carbocycles. The Morgan fingerprint density at radius 2 is 1.05 bits per heavy atom. The number of rotatable bonds is 7. The molecule has 2 unspecified atom stereocenters. The van der Waals surface area contributed by atoms with E-state index >= 15 is 0 Å². The second-order valence-corrected chi connectivity index (χ2v) is 9.35. The van der Waals surface area contributed by atoms with Crippen LogP contribution in [-0.4, -0.2) is 0 Å². The van der Waals surface area contributed by atoms with Crippen LogP contribution in [0, 0.1) is 40.6 Å². The first-order valence-electron chi connectivity index (χ1n) is 11.4. The topological polar surface area (TPSA) is 99.8 Å². The van der Waals surface area contributed by atoms with Crippen LogP contribution < -0.4 is 10.6 Å². The van der Waals surface area contributed by atoms with Crippen LogP contribution in [0.3, 0.4) is 0 Å². The Balaban J connectivity index is 1.99. The highest BCUT2D eigenvalue weighted by Crippen LogP contribution is 2.39. The van der Waals surface area contributed by atoms with Gasteiger partial charge >= 0.3 is 0 Å². The van der Waals surface area contributed by atoms with Gasteiger partial charge in [-0.25, -0.2) is 4.85 Å². The predicted octanol–water partition coefficient (Wildman–Crippen LogP) is 7.44. The molecule has 0 amide bonds. The largest absolute Gasteiger partial charge is 0.375 e.